The van der Waals surface area contributed by atoms with Crippen molar-refractivity contribution in [2.75, 3.05) is 0 Å². The van der Waals surface area contributed by atoms with Crippen LogP contribution < -0.4 is 4.74 Å². The molecule has 0 saturated heterocycles. The second-order valence-electron chi connectivity index (χ2n) is 9.66. The molecular weight excluding hydrogens is 590 g/mol. The van der Waals surface area contributed by atoms with Crippen molar-refractivity contribution in [2.24, 2.45) is 0 Å². The van der Waals surface area contributed by atoms with Crippen LogP contribution >= 0.6 is 0 Å². The molecule has 0 spiro atoms. The molecule has 5 aromatic rings. The van der Waals surface area contributed by atoms with Gasteiger partial charge in [-0.2, -0.15) is 8.78 Å². The summed E-state index contributed by atoms with van der Waals surface area (Å²) in [6.07, 6.45) is -3.01. The van der Waals surface area contributed by atoms with Crippen LogP contribution in [0.4, 0.5) is 43.9 Å². The highest BCUT2D eigenvalue weighted by molar-refractivity contribution is 5.90. The normalized spacial score (nSPS) is 11.8. The van der Waals surface area contributed by atoms with Crippen LogP contribution in [0, 0.1) is 46.5 Å². The molecule has 0 fully saturated rings. The molecule has 0 amide bonds. The number of benzene rings is 5. The van der Waals surface area contributed by atoms with E-state index in [4.69, 9.17) is 0 Å². The van der Waals surface area contributed by atoms with E-state index in [1.165, 1.54) is 0 Å². The first-order valence-electron chi connectivity index (χ1n) is 12.7. The Morgan fingerprint density at radius 1 is 0.605 bits per heavy atom. The largest absolute Gasteiger partial charge is 0.429 e. The van der Waals surface area contributed by atoms with Gasteiger partial charge in [-0.15, -0.1) is 0 Å². The Morgan fingerprint density at radius 2 is 1.21 bits per heavy atom. The van der Waals surface area contributed by atoms with Gasteiger partial charge in [0.15, 0.2) is 29.1 Å². The zero-order chi connectivity index (χ0) is 31.2. The standard InChI is InChI=1S/C32H18F10O/c1-2-3-15-4-6-16(7-5-15)18-11-22(33)27(23(34)12-18)20-10-17-8-9-21(29(38)26(17)31(40)28(20)37)32(41,42)43-19-13-24(35)30(39)25(36)14-19/h4-14H,2-3H2,1H3. The van der Waals surface area contributed by atoms with Gasteiger partial charge in [-0.1, -0.05) is 43.7 Å². The fraction of sp³-hybridized carbons (Fsp3) is 0.125. The summed E-state index contributed by atoms with van der Waals surface area (Å²) in [5, 5.41) is -1.85. The number of alkyl halides is 2. The van der Waals surface area contributed by atoms with Gasteiger partial charge in [-0.05, 0) is 52.8 Å². The van der Waals surface area contributed by atoms with Crippen molar-refractivity contribution >= 4 is 10.8 Å². The van der Waals surface area contributed by atoms with Gasteiger partial charge in [0.2, 0.25) is 0 Å². The first kappa shape index (κ1) is 29.9. The predicted molar refractivity (Wildman–Crippen MR) is 139 cm³/mol. The molecule has 222 valence electrons. The zero-order valence-corrected chi connectivity index (χ0v) is 22.0. The molecule has 43 heavy (non-hydrogen) atoms. The third-order valence-electron chi connectivity index (χ3n) is 6.78. The molecule has 0 saturated carbocycles. The summed E-state index contributed by atoms with van der Waals surface area (Å²) in [6, 6.07) is 10.7. The maximum absolute atomic E-state index is 15.2. The quantitative estimate of drug-likeness (QED) is 0.132. The average Bonchev–Trinajstić information content (AvgIpc) is 2.94. The van der Waals surface area contributed by atoms with Gasteiger partial charge in [0.25, 0.3) is 0 Å². The van der Waals surface area contributed by atoms with E-state index in [0.29, 0.717) is 23.8 Å². The lowest BCUT2D eigenvalue weighted by atomic mass is 9.95. The molecule has 11 heteroatoms. The van der Waals surface area contributed by atoms with Crippen LogP contribution in [0.2, 0.25) is 0 Å². The van der Waals surface area contributed by atoms with E-state index in [9.17, 15) is 22.0 Å². The van der Waals surface area contributed by atoms with Crippen LogP contribution in [0.15, 0.2) is 66.7 Å². The van der Waals surface area contributed by atoms with Gasteiger partial charge in [0, 0.05) is 17.7 Å². The van der Waals surface area contributed by atoms with Crippen molar-refractivity contribution in [3.05, 3.63) is 124 Å². The Kier molecular flexibility index (Phi) is 7.85. The van der Waals surface area contributed by atoms with E-state index in [1.54, 1.807) is 24.3 Å². The summed E-state index contributed by atoms with van der Waals surface area (Å²) < 4.78 is 150. The molecule has 0 aliphatic carbocycles. The van der Waals surface area contributed by atoms with Crippen LogP contribution in [0.25, 0.3) is 33.0 Å². The van der Waals surface area contributed by atoms with E-state index in [2.05, 4.69) is 4.74 Å². The van der Waals surface area contributed by atoms with Crippen molar-refractivity contribution < 1.29 is 48.6 Å². The van der Waals surface area contributed by atoms with Gasteiger partial charge in [0.1, 0.15) is 28.8 Å². The average molecular weight is 608 g/mol. The first-order chi connectivity index (χ1) is 20.3. The Morgan fingerprint density at radius 3 is 1.79 bits per heavy atom. The summed E-state index contributed by atoms with van der Waals surface area (Å²) in [5.74, 6) is -15.4. The molecule has 0 N–H and O–H groups in total. The molecule has 0 atom stereocenters. The van der Waals surface area contributed by atoms with Crippen molar-refractivity contribution in [2.45, 2.75) is 25.9 Å². The van der Waals surface area contributed by atoms with Crippen molar-refractivity contribution in [3.63, 3.8) is 0 Å². The van der Waals surface area contributed by atoms with Crippen molar-refractivity contribution in [1.82, 2.24) is 0 Å². The van der Waals surface area contributed by atoms with Gasteiger partial charge in [-0.3, -0.25) is 0 Å². The summed E-state index contributed by atoms with van der Waals surface area (Å²) >= 11 is 0. The fourth-order valence-electron chi connectivity index (χ4n) is 4.73. The van der Waals surface area contributed by atoms with Gasteiger partial charge in [-0.25, -0.2) is 35.1 Å². The molecule has 0 bridgehead atoms. The molecule has 0 aliphatic heterocycles. The van der Waals surface area contributed by atoms with E-state index < -0.39 is 85.9 Å². The minimum atomic E-state index is -4.71. The molecule has 0 unspecified atom stereocenters. The van der Waals surface area contributed by atoms with Crippen LogP contribution in [0.5, 0.6) is 5.75 Å². The molecule has 0 aliphatic rings. The van der Waals surface area contributed by atoms with Crippen LogP contribution in [-0.2, 0) is 12.5 Å². The lowest BCUT2D eigenvalue weighted by Crippen LogP contribution is -2.24. The van der Waals surface area contributed by atoms with E-state index in [1.807, 2.05) is 6.92 Å². The Balaban J connectivity index is 1.55. The summed E-state index contributed by atoms with van der Waals surface area (Å²) in [4.78, 5) is 0. The maximum Gasteiger partial charge on any atom is 0.429 e. The third-order valence-corrected chi connectivity index (χ3v) is 6.78. The van der Waals surface area contributed by atoms with Crippen LogP contribution in [0.3, 0.4) is 0 Å². The molecular formula is C32H18F10O. The number of rotatable bonds is 7. The second-order valence-corrected chi connectivity index (χ2v) is 9.66. The summed E-state index contributed by atoms with van der Waals surface area (Å²) in [6.45, 7) is 1.99. The highest BCUT2D eigenvalue weighted by Crippen LogP contribution is 2.41. The molecule has 0 radical (unpaired) electrons. The molecule has 5 rings (SSSR count). The Labute approximate surface area is 238 Å². The van der Waals surface area contributed by atoms with E-state index in [-0.39, 0.29) is 17.7 Å². The number of fused-ring (bicyclic) bond motifs is 1. The van der Waals surface area contributed by atoms with E-state index >= 15 is 22.0 Å². The highest BCUT2D eigenvalue weighted by atomic mass is 19.3. The lowest BCUT2D eigenvalue weighted by Gasteiger charge is -2.20. The van der Waals surface area contributed by atoms with Crippen LogP contribution in [-0.4, -0.2) is 0 Å². The number of hydrogen-bond donors (Lipinski definition) is 0. The van der Waals surface area contributed by atoms with Gasteiger partial charge >= 0.3 is 6.11 Å². The summed E-state index contributed by atoms with van der Waals surface area (Å²) in [7, 11) is 0. The van der Waals surface area contributed by atoms with Gasteiger partial charge in [0.05, 0.1) is 10.9 Å². The van der Waals surface area contributed by atoms with Crippen molar-refractivity contribution in [3.8, 4) is 28.0 Å². The maximum atomic E-state index is 15.2. The van der Waals surface area contributed by atoms with Crippen molar-refractivity contribution in [1.29, 1.82) is 0 Å². The number of ether oxygens (including phenoxy) is 1. The number of halogens is 10. The Hall–Kier alpha value is -4.54. The molecule has 0 aromatic heterocycles. The second kappa shape index (κ2) is 11.3. The zero-order valence-electron chi connectivity index (χ0n) is 22.0. The SMILES string of the molecule is CCCc1ccc(-c2cc(F)c(-c3cc4ccc(C(F)(F)Oc5cc(F)c(F)c(F)c5)c(F)c4c(F)c3F)c(F)c2)cc1. The molecule has 5 aromatic carbocycles. The minimum Gasteiger partial charge on any atom is -0.429 e. The van der Waals surface area contributed by atoms with E-state index in [0.717, 1.165) is 30.5 Å². The fourth-order valence-corrected chi connectivity index (χ4v) is 4.73. The highest BCUT2D eigenvalue weighted by Gasteiger charge is 2.39. The first-order valence-corrected chi connectivity index (χ1v) is 12.7. The minimum absolute atomic E-state index is 0.0770. The third kappa shape index (κ3) is 5.51. The molecule has 0 heterocycles. The molecule has 1 nitrogen and oxygen atoms in total. The number of aryl methyl sites for hydroxylation is 1. The Bertz CT molecular complexity index is 1820. The topological polar surface area (TPSA) is 9.23 Å². The van der Waals surface area contributed by atoms with Crippen LogP contribution in [0.1, 0.15) is 24.5 Å². The lowest BCUT2D eigenvalue weighted by molar-refractivity contribution is -0.187. The monoisotopic (exact) mass is 608 g/mol. The number of hydrogen-bond acceptors (Lipinski definition) is 1. The smallest absolute Gasteiger partial charge is 0.429 e. The van der Waals surface area contributed by atoms with Gasteiger partial charge < -0.3 is 4.74 Å². The summed E-state index contributed by atoms with van der Waals surface area (Å²) in [5.41, 5.74) is -1.99. The predicted octanol–water partition coefficient (Wildman–Crippen LogP) is 10.4.